The third-order valence-electron chi connectivity index (χ3n) is 3.02. The van der Waals surface area contributed by atoms with Crippen LogP contribution in [-0.4, -0.2) is 34.3 Å². The molecule has 1 aromatic carbocycles. The Labute approximate surface area is 133 Å². The molecule has 0 fully saturated rings. The van der Waals surface area contributed by atoms with Crippen LogP contribution in [0.1, 0.15) is 24.3 Å². The van der Waals surface area contributed by atoms with E-state index in [-0.39, 0.29) is 5.69 Å². The Balaban J connectivity index is 2.18. The molecule has 0 aliphatic rings. The third kappa shape index (κ3) is 3.46. The van der Waals surface area contributed by atoms with Crippen molar-refractivity contribution in [3.05, 3.63) is 47.2 Å². The molecule has 2 rings (SSSR count). The normalized spacial score (nSPS) is 11.1. The lowest BCUT2D eigenvalue weighted by Crippen LogP contribution is -2.50. The molecule has 0 aliphatic heterocycles. The number of rotatable bonds is 4. The Hall–Kier alpha value is -2.34. The number of ether oxygens (including phenoxy) is 1. The van der Waals surface area contributed by atoms with Crippen LogP contribution in [0.5, 0.6) is 0 Å². The molecule has 0 radical (unpaired) electrons. The van der Waals surface area contributed by atoms with E-state index in [2.05, 4.69) is 15.2 Å². The summed E-state index contributed by atoms with van der Waals surface area (Å²) in [5, 5.41) is 7.34. The van der Waals surface area contributed by atoms with Crippen LogP contribution in [0, 0.1) is 0 Å². The summed E-state index contributed by atoms with van der Waals surface area (Å²) in [7, 11) is 1.27. The quantitative estimate of drug-likeness (QED) is 0.876. The largest absolute Gasteiger partial charge is 0.467 e. The molecule has 116 valence electrons. The number of carbonyl (C=O) groups is 2. The fraction of sp³-hybridized carbons (Fsp3) is 0.267. The SMILES string of the molecule is COC(=O)C(C)(C)NC(=O)c1ccn(-c2cccc(Cl)c2)n1. The lowest BCUT2D eigenvalue weighted by molar-refractivity contribution is -0.146. The van der Waals surface area contributed by atoms with Gasteiger partial charge in [-0.25, -0.2) is 9.48 Å². The Morgan fingerprint density at radius 1 is 1.32 bits per heavy atom. The van der Waals surface area contributed by atoms with Gasteiger partial charge in [0.15, 0.2) is 5.69 Å². The molecule has 7 heteroatoms. The van der Waals surface area contributed by atoms with Crippen LogP contribution in [-0.2, 0) is 9.53 Å². The van der Waals surface area contributed by atoms with E-state index >= 15 is 0 Å². The van der Waals surface area contributed by atoms with Gasteiger partial charge in [-0.05, 0) is 38.1 Å². The molecule has 1 aromatic heterocycles. The van der Waals surface area contributed by atoms with Crippen molar-refractivity contribution in [2.45, 2.75) is 19.4 Å². The predicted molar refractivity (Wildman–Crippen MR) is 82.1 cm³/mol. The fourth-order valence-corrected chi connectivity index (χ4v) is 2.05. The Bertz CT molecular complexity index is 710. The van der Waals surface area contributed by atoms with E-state index in [0.717, 1.165) is 5.69 Å². The highest BCUT2D eigenvalue weighted by Crippen LogP contribution is 2.14. The minimum Gasteiger partial charge on any atom is -0.467 e. The molecule has 0 saturated carbocycles. The van der Waals surface area contributed by atoms with Gasteiger partial charge in [0.2, 0.25) is 0 Å². The number of halogens is 1. The van der Waals surface area contributed by atoms with Gasteiger partial charge in [-0.1, -0.05) is 17.7 Å². The third-order valence-corrected chi connectivity index (χ3v) is 3.25. The zero-order valence-corrected chi connectivity index (χ0v) is 13.2. The number of aromatic nitrogens is 2. The average molecular weight is 322 g/mol. The second kappa shape index (κ2) is 6.19. The summed E-state index contributed by atoms with van der Waals surface area (Å²) < 4.78 is 6.18. The van der Waals surface area contributed by atoms with Gasteiger partial charge in [-0.15, -0.1) is 0 Å². The zero-order valence-electron chi connectivity index (χ0n) is 12.5. The monoisotopic (exact) mass is 321 g/mol. The summed E-state index contributed by atoms with van der Waals surface area (Å²) in [6.45, 7) is 3.12. The molecule has 0 aliphatic carbocycles. The standard InChI is InChI=1S/C15H16ClN3O3/c1-15(2,14(21)22-3)17-13(20)12-7-8-19(18-12)11-6-4-5-10(16)9-11/h4-9H,1-3H3,(H,17,20). The van der Waals surface area contributed by atoms with E-state index in [0.29, 0.717) is 5.02 Å². The van der Waals surface area contributed by atoms with Crippen LogP contribution >= 0.6 is 11.6 Å². The van der Waals surface area contributed by atoms with Gasteiger partial charge in [-0.2, -0.15) is 5.10 Å². The number of methoxy groups -OCH3 is 1. The highest BCUT2D eigenvalue weighted by Gasteiger charge is 2.31. The maximum atomic E-state index is 12.2. The zero-order chi connectivity index (χ0) is 16.3. The maximum absolute atomic E-state index is 12.2. The molecule has 1 heterocycles. The summed E-state index contributed by atoms with van der Waals surface area (Å²) >= 11 is 5.93. The van der Waals surface area contributed by atoms with Crippen LogP contribution < -0.4 is 5.32 Å². The van der Waals surface area contributed by atoms with Crippen LogP contribution in [0.25, 0.3) is 5.69 Å². The summed E-state index contributed by atoms with van der Waals surface area (Å²) in [5.74, 6) is -0.994. The number of hydrogen-bond donors (Lipinski definition) is 1. The summed E-state index contributed by atoms with van der Waals surface area (Å²) in [6.07, 6.45) is 1.64. The molecular formula is C15H16ClN3O3. The summed E-state index contributed by atoms with van der Waals surface area (Å²) in [4.78, 5) is 23.8. The number of hydrogen-bond acceptors (Lipinski definition) is 4. The van der Waals surface area contributed by atoms with E-state index in [1.807, 2.05) is 6.07 Å². The maximum Gasteiger partial charge on any atom is 0.330 e. The average Bonchev–Trinajstić information content (AvgIpc) is 2.95. The van der Waals surface area contributed by atoms with Crippen molar-refractivity contribution in [1.82, 2.24) is 15.1 Å². The van der Waals surface area contributed by atoms with Crippen molar-refractivity contribution in [2.75, 3.05) is 7.11 Å². The molecule has 0 bridgehead atoms. The number of carbonyl (C=O) groups excluding carboxylic acids is 2. The number of benzene rings is 1. The first-order chi connectivity index (χ1) is 10.3. The highest BCUT2D eigenvalue weighted by atomic mass is 35.5. The van der Waals surface area contributed by atoms with Gasteiger partial charge in [0.1, 0.15) is 5.54 Å². The van der Waals surface area contributed by atoms with E-state index in [4.69, 9.17) is 11.6 Å². The number of amides is 1. The highest BCUT2D eigenvalue weighted by molar-refractivity contribution is 6.30. The van der Waals surface area contributed by atoms with E-state index < -0.39 is 17.4 Å². The topological polar surface area (TPSA) is 73.2 Å². The van der Waals surface area contributed by atoms with Crippen LogP contribution in [0.2, 0.25) is 5.02 Å². The lowest BCUT2D eigenvalue weighted by Gasteiger charge is -2.22. The van der Waals surface area contributed by atoms with Gasteiger partial charge in [0.25, 0.3) is 5.91 Å². The van der Waals surface area contributed by atoms with Crippen LogP contribution in [0.4, 0.5) is 0 Å². The molecule has 0 saturated heterocycles. The van der Waals surface area contributed by atoms with Gasteiger partial charge < -0.3 is 10.1 Å². The molecule has 22 heavy (non-hydrogen) atoms. The van der Waals surface area contributed by atoms with Crippen LogP contribution in [0.15, 0.2) is 36.5 Å². The Morgan fingerprint density at radius 3 is 2.68 bits per heavy atom. The van der Waals surface area contributed by atoms with Gasteiger partial charge in [-0.3, -0.25) is 4.79 Å². The molecule has 6 nitrogen and oxygen atoms in total. The molecule has 1 amide bonds. The molecule has 0 spiro atoms. The Kier molecular flexibility index (Phi) is 4.51. The first kappa shape index (κ1) is 16.0. The van der Waals surface area contributed by atoms with Crippen molar-refractivity contribution >= 4 is 23.5 Å². The first-order valence-electron chi connectivity index (χ1n) is 6.56. The minimum atomic E-state index is -1.13. The minimum absolute atomic E-state index is 0.192. The van der Waals surface area contributed by atoms with Crippen molar-refractivity contribution in [1.29, 1.82) is 0 Å². The molecular weight excluding hydrogens is 306 g/mol. The second-order valence-corrected chi connectivity index (χ2v) is 5.63. The van der Waals surface area contributed by atoms with E-state index in [1.54, 1.807) is 44.3 Å². The molecule has 2 aromatic rings. The van der Waals surface area contributed by atoms with Crippen molar-refractivity contribution in [3.63, 3.8) is 0 Å². The molecule has 1 N–H and O–H groups in total. The van der Waals surface area contributed by atoms with Crippen molar-refractivity contribution in [2.24, 2.45) is 0 Å². The number of esters is 1. The second-order valence-electron chi connectivity index (χ2n) is 5.20. The van der Waals surface area contributed by atoms with Crippen LogP contribution in [0.3, 0.4) is 0 Å². The van der Waals surface area contributed by atoms with E-state index in [1.165, 1.54) is 11.8 Å². The first-order valence-corrected chi connectivity index (χ1v) is 6.94. The number of nitrogens with one attached hydrogen (secondary N) is 1. The van der Waals surface area contributed by atoms with Gasteiger partial charge >= 0.3 is 5.97 Å². The summed E-state index contributed by atoms with van der Waals surface area (Å²) in [6, 6.07) is 8.65. The lowest BCUT2D eigenvalue weighted by atomic mass is 10.1. The van der Waals surface area contributed by atoms with Gasteiger partial charge in [0, 0.05) is 11.2 Å². The van der Waals surface area contributed by atoms with Gasteiger partial charge in [0.05, 0.1) is 12.8 Å². The molecule has 0 atom stereocenters. The predicted octanol–water partition coefficient (Wildman–Crippen LogP) is 2.21. The fourth-order valence-electron chi connectivity index (χ4n) is 1.86. The van der Waals surface area contributed by atoms with E-state index in [9.17, 15) is 9.59 Å². The molecule has 0 unspecified atom stereocenters. The Morgan fingerprint density at radius 2 is 2.05 bits per heavy atom. The summed E-state index contributed by atoms with van der Waals surface area (Å²) in [5.41, 5.74) is -0.207. The smallest absolute Gasteiger partial charge is 0.330 e. The van der Waals surface area contributed by atoms with Crippen molar-refractivity contribution in [3.8, 4) is 5.69 Å². The number of nitrogens with zero attached hydrogens (tertiary/aromatic N) is 2. The van der Waals surface area contributed by atoms with Crippen molar-refractivity contribution < 1.29 is 14.3 Å².